The van der Waals surface area contributed by atoms with E-state index >= 15 is 0 Å². The Morgan fingerprint density at radius 2 is 0.856 bits per heavy atom. The van der Waals surface area contributed by atoms with Crippen molar-refractivity contribution >= 4 is 124 Å². The van der Waals surface area contributed by atoms with Crippen LogP contribution in [-0.4, -0.2) is 255 Å². The van der Waals surface area contributed by atoms with Gasteiger partial charge in [-0.3, -0.25) is 86.3 Å². The van der Waals surface area contributed by atoms with Crippen LogP contribution in [-0.2, 0) is 81.3 Å². The number of carbonyl (C=O) groups is 18. The number of aliphatic carboxylic acids is 7. The van der Waals surface area contributed by atoms with E-state index in [-0.39, 0.29) is 81.6 Å². The fourth-order valence-electron chi connectivity index (χ4n) is 12.1. The van der Waals surface area contributed by atoms with Crippen molar-refractivity contribution in [3.63, 3.8) is 0 Å². The van der Waals surface area contributed by atoms with Crippen molar-refractivity contribution in [1.82, 2.24) is 41.8 Å². The van der Waals surface area contributed by atoms with Crippen LogP contribution < -0.4 is 56.8 Å². The molecule has 0 spiro atoms. The molecule has 638 valence electrons. The van der Waals surface area contributed by atoms with Crippen molar-refractivity contribution in [1.29, 1.82) is 0 Å². The van der Waals surface area contributed by atoms with Gasteiger partial charge in [-0.05, 0) is 100 Å². The SMILES string of the molecule is CCOCCNC(=O)c1cc(C(=O)NCCOCCOCCNC(=O)c2ccc(-c3c4ccc(=[N+](C)C)cc-4oc4cc(N(C)C)ccc34)c(OC=O)c2)cc(C(=O)NC(CCC(=O)O)C(=O)CC(CCC(=O)O)C(=O)NC(CCC(=O)O)C(=O)CC(CCC(=O)O)C(=O)NC(CCC(=O)O)C(=O)CC(CCC(=O)O)C(=O)NCC(=O)O)c1. The Hall–Kier alpha value is -12.9. The summed E-state index contributed by atoms with van der Waals surface area (Å²) in [6, 6.07) is 13.9. The summed E-state index contributed by atoms with van der Waals surface area (Å²) >= 11 is 0. The molecule has 5 rings (SSSR count). The molecule has 0 radical (unpaired) electrons. The number of ether oxygens (including phenoxy) is 4. The smallest absolute Gasteiger partial charge is 0.322 e. The maximum atomic E-state index is 14.4. The van der Waals surface area contributed by atoms with Gasteiger partial charge in [0.1, 0.15) is 37.7 Å². The van der Waals surface area contributed by atoms with Crippen LogP contribution in [0.5, 0.6) is 5.75 Å². The Morgan fingerprint density at radius 3 is 1.28 bits per heavy atom. The van der Waals surface area contributed by atoms with Crippen molar-refractivity contribution in [2.45, 2.75) is 121 Å². The summed E-state index contributed by atoms with van der Waals surface area (Å²) in [5, 5.41) is 85.1. The van der Waals surface area contributed by atoms with Gasteiger partial charge in [-0.25, -0.2) is 4.58 Å². The van der Waals surface area contributed by atoms with E-state index in [4.69, 9.17) is 28.5 Å². The van der Waals surface area contributed by atoms with E-state index in [9.17, 15) is 117 Å². The van der Waals surface area contributed by atoms with Crippen molar-refractivity contribution < 1.29 is 145 Å². The van der Waals surface area contributed by atoms with Crippen LogP contribution >= 0.6 is 0 Å². The molecule has 1 heterocycles. The zero-order chi connectivity index (χ0) is 87.3. The van der Waals surface area contributed by atoms with E-state index in [1.54, 1.807) is 19.1 Å². The monoisotopic (exact) mass is 1650 g/mol. The molecule has 3 aromatic rings. The Labute approximate surface area is 674 Å². The molecule has 0 aromatic heterocycles. The van der Waals surface area contributed by atoms with E-state index in [1.165, 1.54) is 6.07 Å². The molecule has 0 fully saturated rings. The predicted octanol–water partition coefficient (Wildman–Crippen LogP) is 1.98. The van der Waals surface area contributed by atoms with Crippen LogP contribution in [0.2, 0.25) is 0 Å². The fourth-order valence-corrected chi connectivity index (χ4v) is 12.1. The lowest BCUT2D eigenvalue weighted by atomic mass is 9.89. The highest BCUT2D eigenvalue weighted by Crippen LogP contribution is 2.44. The summed E-state index contributed by atoms with van der Waals surface area (Å²) in [6.45, 7) is 1.22. The second-order valence-corrected chi connectivity index (χ2v) is 27.5. The molecule has 39 heteroatoms. The quantitative estimate of drug-likeness (QED) is 0.0115. The third-order valence-electron chi connectivity index (χ3n) is 18.3. The minimum Gasteiger partial charge on any atom is -0.481 e. The molecule has 39 nitrogen and oxygen atoms in total. The average molecular weight is 1650 g/mol. The van der Waals surface area contributed by atoms with Crippen LogP contribution in [0.1, 0.15) is 145 Å². The highest BCUT2D eigenvalue weighted by Gasteiger charge is 2.36. The van der Waals surface area contributed by atoms with Gasteiger partial charge in [0.05, 0.1) is 57.2 Å². The van der Waals surface area contributed by atoms with Gasteiger partial charge >= 0.3 is 41.8 Å². The minimum atomic E-state index is -1.93. The first-order chi connectivity index (χ1) is 56.0. The first kappa shape index (κ1) is 95.7. The van der Waals surface area contributed by atoms with Crippen LogP contribution in [0.3, 0.4) is 0 Å². The Kier molecular flexibility index (Phi) is 39.3. The van der Waals surface area contributed by atoms with Crippen LogP contribution in [0, 0.1) is 17.8 Å². The largest absolute Gasteiger partial charge is 0.481 e. The molecule has 14 N–H and O–H groups in total. The standard InChI is InChI=1S/C79H97N9O30/c1-6-114-28-25-81-75(109)48-33-49(76(110)82-27-30-116-32-31-115-29-26-80-73(107)47-7-13-53(62(39-47)117-43-89)72-54-14-11-51(87(2)3)40-63(54)118-64-41-52(88(4)5)12-15-55(64)72)35-50(34-48)79(113)86-58(18-24-70(103)104)61(92)38-46(10-21-67(97)98)78(112)85-57(17-23-69(101)102)60(91)37-45(9-20-66(95)96)77(111)84-56(16-22-68(99)100)59(90)36-44(8-19-65(93)94)74(108)83-42-71(105)106/h7,11-15,33-35,39-41,43-46,56-58H,6,8-10,16-32,36-38,42H2,1-5H3,(H13-,80,81,82,83,84,85,86,93,94,95,96,97,98,99,100,101,102,103,104,105,106,107,108,109,110,111,112,113)/p+1. The molecule has 118 heavy (non-hydrogen) atoms. The molecule has 7 amide bonds. The summed E-state index contributed by atoms with van der Waals surface area (Å²) in [7, 11) is 7.62. The number of nitrogens with zero attached hydrogens (tertiary/aromatic N) is 2. The number of carbonyl (C=O) groups excluding carboxylic acids is 11. The van der Waals surface area contributed by atoms with Gasteiger partial charge in [0.15, 0.2) is 17.3 Å². The Balaban J connectivity index is 1.27. The average Bonchev–Trinajstić information content (AvgIpc) is 0.745. The molecule has 0 saturated carbocycles. The number of benzene rings is 4. The van der Waals surface area contributed by atoms with Gasteiger partial charge in [-0.2, -0.15) is 0 Å². The Morgan fingerprint density at radius 1 is 0.441 bits per heavy atom. The number of ketones is 3. The lowest BCUT2D eigenvalue weighted by molar-refractivity contribution is -0.141. The molecular formula is C79H98N9O30+. The zero-order valence-corrected chi connectivity index (χ0v) is 65.6. The highest BCUT2D eigenvalue weighted by atomic mass is 16.5. The lowest BCUT2D eigenvalue weighted by Crippen LogP contribution is -2.48. The number of carboxylic acids is 7. The van der Waals surface area contributed by atoms with E-state index < -0.39 is 245 Å². The maximum absolute atomic E-state index is 14.4. The zero-order valence-electron chi connectivity index (χ0n) is 65.6. The van der Waals surface area contributed by atoms with Crippen LogP contribution in [0.4, 0.5) is 5.69 Å². The van der Waals surface area contributed by atoms with E-state index in [0.29, 0.717) is 29.1 Å². The number of carboxylic acid groups (broad SMARTS) is 7. The molecule has 6 atom stereocenters. The normalized spacial score (nSPS) is 12.5. The van der Waals surface area contributed by atoms with Gasteiger partial charge in [0.25, 0.3) is 30.1 Å². The number of rotatable bonds is 56. The molecule has 1 aliphatic heterocycles. The first-order valence-electron chi connectivity index (χ1n) is 37.5. The predicted molar refractivity (Wildman–Crippen MR) is 414 cm³/mol. The number of amides is 7. The van der Waals surface area contributed by atoms with Gasteiger partial charge in [-0.1, -0.05) is 0 Å². The molecule has 3 aromatic carbocycles. The van der Waals surface area contributed by atoms with Gasteiger partial charge in [-0.15, -0.1) is 0 Å². The number of fused-ring (bicyclic) bond motifs is 2. The number of Topliss-reactive ketones (excluding diaryl/α,β-unsaturated/α-hetero) is 3. The van der Waals surface area contributed by atoms with Crippen molar-refractivity contribution in [2.24, 2.45) is 17.8 Å². The molecule has 0 bridgehead atoms. The van der Waals surface area contributed by atoms with E-state index in [2.05, 4.69) is 31.9 Å². The molecule has 2 aliphatic rings. The molecule has 1 aliphatic carbocycles. The molecular weight excluding hydrogens is 1550 g/mol. The number of nitrogens with one attached hydrogen (secondary N) is 7. The second kappa shape index (κ2) is 48.5. The molecule has 0 saturated heterocycles. The number of hydrogen-bond acceptors (Lipinski definition) is 24. The lowest BCUT2D eigenvalue weighted by Gasteiger charge is -2.26. The third-order valence-corrected chi connectivity index (χ3v) is 18.3. The number of anilines is 1. The second-order valence-electron chi connectivity index (χ2n) is 27.5. The van der Waals surface area contributed by atoms with Crippen molar-refractivity contribution in [3.05, 3.63) is 100 Å². The summed E-state index contributed by atoms with van der Waals surface area (Å²) in [5.41, 5.74) is 2.62. The maximum Gasteiger partial charge on any atom is 0.322 e. The highest BCUT2D eigenvalue weighted by molar-refractivity contribution is 6.08. The summed E-state index contributed by atoms with van der Waals surface area (Å²) in [4.78, 5) is 235. The summed E-state index contributed by atoms with van der Waals surface area (Å²) in [5.74, 6) is -25.3. The van der Waals surface area contributed by atoms with Gasteiger partial charge < -0.3 is 101 Å². The summed E-state index contributed by atoms with van der Waals surface area (Å²) in [6.07, 6.45) is -12.0. The van der Waals surface area contributed by atoms with Gasteiger partial charge in [0, 0.05) is 178 Å². The van der Waals surface area contributed by atoms with Crippen molar-refractivity contribution in [2.75, 3.05) is 98.9 Å². The molecule has 6 unspecified atom stereocenters. The van der Waals surface area contributed by atoms with E-state index in [1.807, 2.05) is 79.4 Å². The summed E-state index contributed by atoms with van der Waals surface area (Å²) < 4.78 is 30.4. The first-order valence-corrected chi connectivity index (χ1v) is 37.5. The van der Waals surface area contributed by atoms with Crippen molar-refractivity contribution in [3.8, 4) is 28.2 Å². The minimum absolute atomic E-state index is 0.00760. The van der Waals surface area contributed by atoms with Crippen LogP contribution in [0.25, 0.3) is 33.4 Å². The fraction of sp³-hybridized carbons (Fsp3) is 0.456. The van der Waals surface area contributed by atoms with Gasteiger partial charge in [0.2, 0.25) is 23.1 Å². The number of hydrogen-bond donors (Lipinski definition) is 14. The third kappa shape index (κ3) is 32.1. The Bertz CT molecular complexity index is 4550. The topological polar surface area (TPSA) is 589 Å². The van der Waals surface area contributed by atoms with E-state index in [0.717, 1.165) is 40.2 Å². The van der Waals surface area contributed by atoms with Crippen LogP contribution in [0.15, 0.2) is 77.2 Å².